The predicted octanol–water partition coefficient (Wildman–Crippen LogP) is 6.39. The predicted molar refractivity (Wildman–Crippen MR) is 165 cm³/mol. The Morgan fingerprint density at radius 2 is 1.74 bits per heavy atom. The fraction of sp³-hybridized carbons (Fsp3) is 0.485. The van der Waals surface area contributed by atoms with E-state index < -0.39 is 10.0 Å². The van der Waals surface area contributed by atoms with E-state index in [4.69, 9.17) is 4.74 Å². The summed E-state index contributed by atoms with van der Waals surface area (Å²) >= 11 is 0. The maximum Gasteiger partial charge on any atom is 0.264 e. The number of carbonyl (C=O) groups is 1. The molecule has 2 heterocycles. The summed E-state index contributed by atoms with van der Waals surface area (Å²) in [6, 6.07) is 15.2. The molecular weight excluding hydrogens is 548 g/mol. The van der Waals surface area contributed by atoms with E-state index in [2.05, 4.69) is 40.8 Å². The van der Waals surface area contributed by atoms with Crippen LogP contribution in [0.1, 0.15) is 76.0 Å². The first kappa shape index (κ1) is 30.0. The number of nitrogens with one attached hydrogen (secondary N) is 2. The number of nitrogens with zero attached hydrogens (tertiary/aromatic N) is 2. The number of amides is 1. The maximum absolute atomic E-state index is 13.7. The Balaban J connectivity index is 1.60. The monoisotopic (exact) mass is 590 g/mol. The lowest BCUT2D eigenvalue weighted by atomic mass is 9.63. The molecule has 8 nitrogen and oxygen atoms in total. The second-order valence-electron chi connectivity index (χ2n) is 13.1. The summed E-state index contributed by atoms with van der Waals surface area (Å²) in [5.41, 5.74) is 4.58. The minimum Gasteiger partial charge on any atom is -0.477 e. The molecule has 1 aliphatic carbocycles. The number of sulfonamides is 1. The summed E-state index contributed by atoms with van der Waals surface area (Å²) in [5.74, 6) is 0.795. The molecule has 2 aliphatic rings. The molecule has 3 aromatic rings. The summed E-state index contributed by atoms with van der Waals surface area (Å²) in [4.78, 5) is 21.4. The topological polar surface area (TPSA) is 110 Å². The van der Waals surface area contributed by atoms with Gasteiger partial charge >= 0.3 is 0 Å². The van der Waals surface area contributed by atoms with Gasteiger partial charge in [-0.05, 0) is 79.2 Å². The molecule has 2 N–H and O–H groups in total. The van der Waals surface area contributed by atoms with Gasteiger partial charge in [-0.3, -0.25) is 4.79 Å². The average Bonchev–Trinajstić information content (AvgIpc) is 2.88. The zero-order valence-corrected chi connectivity index (χ0v) is 26.2. The van der Waals surface area contributed by atoms with Gasteiger partial charge in [0.05, 0.1) is 17.2 Å². The molecule has 9 heteroatoms. The van der Waals surface area contributed by atoms with Crippen LogP contribution in [0.4, 0.5) is 5.95 Å². The van der Waals surface area contributed by atoms with E-state index >= 15 is 0 Å². The highest BCUT2D eigenvalue weighted by atomic mass is 32.2. The number of rotatable bonds is 5. The smallest absolute Gasteiger partial charge is 0.264 e. The zero-order chi connectivity index (χ0) is 30.2. The standard InChI is InChI=1S/C33H42N4O4S/c1-7-28(38)34-25-14-23(15-25)31-22-12-9-13-26(16-22)42(39,40)37-32-35-27(30-20(2)10-8-11-21(30)3)17-29(36-32)41-19-24(31)18-33(4,5)6/h8-13,16-17,23-25,31H,7,14-15,18-19H2,1-6H3,(H,34,38)(H,35,36,37)/t23?,24-,25?,31?/m1/s1. The van der Waals surface area contributed by atoms with Gasteiger partial charge in [-0.15, -0.1) is 0 Å². The first-order valence-electron chi connectivity index (χ1n) is 14.8. The number of benzene rings is 2. The third kappa shape index (κ3) is 6.61. The Bertz CT molecular complexity index is 1550. The number of fused-ring (bicyclic) bond motifs is 4. The number of hydrogen-bond donors (Lipinski definition) is 2. The summed E-state index contributed by atoms with van der Waals surface area (Å²) < 4.78 is 36.4. The summed E-state index contributed by atoms with van der Waals surface area (Å²) in [5, 5.41) is 3.13. The van der Waals surface area contributed by atoms with Gasteiger partial charge < -0.3 is 10.1 Å². The highest BCUT2D eigenvalue weighted by Crippen LogP contribution is 2.47. The van der Waals surface area contributed by atoms with Crippen LogP contribution in [0, 0.1) is 31.1 Å². The molecule has 1 aliphatic heterocycles. The van der Waals surface area contributed by atoms with Crippen LogP contribution in [0.3, 0.4) is 0 Å². The van der Waals surface area contributed by atoms with Crippen LogP contribution >= 0.6 is 0 Å². The first-order chi connectivity index (χ1) is 19.8. The van der Waals surface area contributed by atoms with Crippen molar-refractivity contribution in [2.24, 2.45) is 17.3 Å². The molecule has 0 spiro atoms. The molecule has 1 amide bonds. The number of carbonyl (C=O) groups excluding carboxylic acids is 1. The van der Waals surface area contributed by atoms with Crippen molar-refractivity contribution in [1.82, 2.24) is 15.3 Å². The van der Waals surface area contributed by atoms with Crippen LogP contribution in [0.5, 0.6) is 5.88 Å². The lowest BCUT2D eigenvalue weighted by molar-refractivity contribution is -0.122. The van der Waals surface area contributed by atoms with Crippen LogP contribution in [0.2, 0.25) is 0 Å². The van der Waals surface area contributed by atoms with Crippen LogP contribution in [0.25, 0.3) is 11.3 Å². The van der Waals surface area contributed by atoms with E-state index in [-0.39, 0.29) is 46.0 Å². The number of anilines is 1. The normalized spacial score (nSPS) is 23.3. The van der Waals surface area contributed by atoms with E-state index in [1.165, 1.54) is 0 Å². The second kappa shape index (κ2) is 11.7. The summed E-state index contributed by atoms with van der Waals surface area (Å²) in [7, 11) is -3.97. The van der Waals surface area contributed by atoms with E-state index in [9.17, 15) is 13.2 Å². The van der Waals surface area contributed by atoms with Crippen LogP contribution in [0.15, 0.2) is 53.4 Å². The minimum atomic E-state index is -3.97. The van der Waals surface area contributed by atoms with Crippen molar-refractivity contribution in [2.75, 3.05) is 11.3 Å². The highest BCUT2D eigenvalue weighted by molar-refractivity contribution is 7.92. The molecule has 0 radical (unpaired) electrons. The molecule has 2 atom stereocenters. The minimum absolute atomic E-state index is 0.00835. The Morgan fingerprint density at radius 3 is 2.40 bits per heavy atom. The maximum atomic E-state index is 13.7. The Morgan fingerprint density at radius 1 is 1.05 bits per heavy atom. The molecule has 2 aromatic carbocycles. The zero-order valence-electron chi connectivity index (χ0n) is 25.4. The molecule has 4 bridgehead atoms. The van der Waals surface area contributed by atoms with Crippen molar-refractivity contribution in [3.63, 3.8) is 0 Å². The molecule has 224 valence electrons. The number of hydrogen-bond acceptors (Lipinski definition) is 6. The number of ether oxygens (including phenoxy) is 1. The molecule has 42 heavy (non-hydrogen) atoms. The number of aromatic nitrogens is 2. The molecule has 1 aromatic heterocycles. The van der Waals surface area contributed by atoms with Crippen molar-refractivity contribution in [3.8, 4) is 17.1 Å². The van der Waals surface area contributed by atoms with Gasteiger partial charge in [0.25, 0.3) is 10.0 Å². The second-order valence-corrected chi connectivity index (χ2v) is 14.8. The lowest BCUT2D eigenvalue weighted by Gasteiger charge is -2.45. The quantitative estimate of drug-likeness (QED) is 0.356. The van der Waals surface area contributed by atoms with Crippen LogP contribution in [-0.2, 0) is 14.8 Å². The van der Waals surface area contributed by atoms with Gasteiger partial charge in [-0.1, -0.05) is 58.0 Å². The summed E-state index contributed by atoms with van der Waals surface area (Å²) in [6.07, 6.45) is 3.03. The van der Waals surface area contributed by atoms with Gasteiger partial charge in [0.15, 0.2) is 0 Å². The van der Waals surface area contributed by atoms with Gasteiger partial charge in [-0.25, -0.2) is 18.1 Å². The van der Waals surface area contributed by atoms with E-state index in [1.807, 2.05) is 51.1 Å². The third-order valence-electron chi connectivity index (χ3n) is 8.42. The molecule has 1 saturated carbocycles. The average molecular weight is 591 g/mol. The largest absolute Gasteiger partial charge is 0.477 e. The molecule has 0 saturated heterocycles. The van der Waals surface area contributed by atoms with Crippen molar-refractivity contribution in [3.05, 3.63) is 65.2 Å². The molecule has 5 rings (SSSR count). The Kier molecular flexibility index (Phi) is 8.34. The third-order valence-corrected chi connectivity index (χ3v) is 9.74. The molecular formula is C33H42N4O4S. The van der Waals surface area contributed by atoms with E-state index in [0.29, 0.717) is 24.6 Å². The van der Waals surface area contributed by atoms with Gasteiger partial charge in [0.1, 0.15) is 0 Å². The van der Waals surface area contributed by atoms with Gasteiger partial charge in [-0.2, -0.15) is 4.98 Å². The van der Waals surface area contributed by atoms with Crippen LogP contribution < -0.4 is 14.8 Å². The van der Waals surface area contributed by atoms with Gasteiger partial charge in [0.2, 0.25) is 17.7 Å². The van der Waals surface area contributed by atoms with Gasteiger partial charge in [0, 0.05) is 30.0 Å². The van der Waals surface area contributed by atoms with Crippen molar-refractivity contribution in [1.29, 1.82) is 0 Å². The Labute approximate surface area is 249 Å². The lowest BCUT2D eigenvalue weighted by Crippen LogP contribution is -2.47. The van der Waals surface area contributed by atoms with E-state index in [0.717, 1.165) is 41.5 Å². The molecule has 1 unspecified atom stereocenters. The number of aryl methyl sites for hydroxylation is 2. The first-order valence-corrected chi connectivity index (χ1v) is 16.3. The van der Waals surface area contributed by atoms with Crippen molar-refractivity contribution >= 4 is 21.9 Å². The fourth-order valence-electron chi connectivity index (χ4n) is 6.56. The SMILES string of the molecule is CCC(=O)NC1CC(C2c3cccc(c3)S(=O)(=O)Nc3nc(cc(-c4c(C)cccc4C)n3)OC[C@H]2CC(C)(C)C)C1. The highest BCUT2D eigenvalue weighted by Gasteiger charge is 2.42. The van der Waals surface area contributed by atoms with Crippen molar-refractivity contribution in [2.45, 2.75) is 84.1 Å². The van der Waals surface area contributed by atoms with Crippen LogP contribution in [-0.4, -0.2) is 36.9 Å². The summed E-state index contributed by atoms with van der Waals surface area (Å²) in [6.45, 7) is 13.0. The molecule has 1 fully saturated rings. The Hall–Kier alpha value is -3.46. The fourth-order valence-corrected chi connectivity index (χ4v) is 7.56. The van der Waals surface area contributed by atoms with E-state index in [1.54, 1.807) is 18.2 Å². The van der Waals surface area contributed by atoms with Crippen molar-refractivity contribution < 1.29 is 17.9 Å².